The molecule has 0 bridgehead atoms. The number of aromatic nitrogens is 1. The molecule has 3 heterocycles. The Balaban J connectivity index is 1.41. The molecule has 0 saturated carbocycles. The summed E-state index contributed by atoms with van der Waals surface area (Å²) in [5.41, 5.74) is 2.10. The van der Waals surface area contributed by atoms with Gasteiger partial charge in [-0.3, -0.25) is 14.5 Å². The van der Waals surface area contributed by atoms with Gasteiger partial charge in [-0.25, -0.2) is 4.98 Å². The molecular formula is C20H24N4O2S. The average Bonchev–Trinajstić information content (AvgIpc) is 3.15. The molecule has 1 N–H and O–H groups in total. The van der Waals surface area contributed by atoms with Gasteiger partial charge in [-0.15, -0.1) is 11.3 Å². The third-order valence-corrected chi connectivity index (χ3v) is 6.06. The van der Waals surface area contributed by atoms with Gasteiger partial charge in [0.1, 0.15) is 17.1 Å². The molecule has 2 aliphatic heterocycles. The molecule has 27 heavy (non-hydrogen) atoms. The van der Waals surface area contributed by atoms with E-state index in [1.807, 2.05) is 25.1 Å². The predicted molar refractivity (Wildman–Crippen MR) is 105 cm³/mol. The molecule has 4 rings (SSSR count). The van der Waals surface area contributed by atoms with Crippen LogP contribution in [0, 0.1) is 0 Å². The van der Waals surface area contributed by atoms with Gasteiger partial charge in [0.05, 0.1) is 12.2 Å². The SMILES string of the molecule is CCC[C@@H]1NC(=O)[C@H]2CN(Cc3nc(-c4ccccc4)cs3)CCN2C1=O. The van der Waals surface area contributed by atoms with Crippen LogP contribution in [0.4, 0.5) is 0 Å². The fraction of sp³-hybridized carbons (Fsp3) is 0.450. The highest BCUT2D eigenvalue weighted by molar-refractivity contribution is 7.09. The molecule has 0 spiro atoms. The van der Waals surface area contributed by atoms with Gasteiger partial charge < -0.3 is 10.2 Å². The number of benzene rings is 1. The summed E-state index contributed by atoms with van der Waals surface area (Å²) in [6.45, 7) is 4.68. The van der Waals surface area contributed by atoms with Crippen LogP contribution in [-0.4, -0.2) is 58.3 Å². The van der Waals surface area contributed by atoms with Crippen molar-refractivity contribution in [3.8, 4) is 11.3 Å². The first-order valence-electron chi connectivity index (χ1n) is 9.48. The Bertz CT molecular complexity index is 822. The van der Waals surface area contributed by atoms with E-state index in [1.54, 1.807) is 16.2 Å². The minimum Gasteiger partial charge on any atom is -0.342 e. The number of fused-ring (bicyclic) bond motifs is 1. The van der Waals surface area contributed by atoms with Crippen LogP contribution in [-0.2, 0) is 16.1 Å². The quantitative estimate of drug-likeness (QED) is 0.858. The third-order valence-electron chi connectivity index (χ3n) is 5.22. The van der Waals surface area contributed by atoms with Crippen molar-refractivity contribution in [2.75, 3.05) is 19.6 Å². The Morgan fingerprint density at radius 2 is 2.04 bits per heavy atom. The molecule has 2 saturated heterocycles. The summed E-state index contributed by atoms with van der Waals surface area (Å²) >= 11 is 1.64. The van der Waals surface area contributed by atoms with Crippen LogP contribution in [0.1, 0.15) is 24.8 Å². The lowest BCUT2D eigenvalue weighted by Gasteiger charge is -2.45. The van der Waals surface area contributed by atoms with Crippen LogP contribution in [0.5, 0.6) is 0 Å². The number of carbonyl (C=O) groups is 2. The van der Waals surface area contributed by atoms with Gasteiger partial charge in [0, 0.05) is 30.6 Å². The number of rotatable bonds is 5. The Labute approximate surface area is 163 Å². The molecule has 2 atom stereocenters. The summed E-state index contributed by atoms with van der Waals surface area (Å²) in [6.07, 6.45) is 1.59. The summed E-state index contributed by atoms with van der Waals surface area (Å²) in [7, 11) is 0. The van der Waals surface area contributed by atoms with Crippen LogP contribution >= 0.6 is 11.3 Å². The molecule has 142 valence electrons. The van der Waals surface area contributed by atoms with Crippen molar-refractivity contribution in [1.82, 2.24) is 20.1 Å². The van der Waals surface area contributed by atoms with Crippen LogP contribution in [0.3, 0.4) is 0 Å². The molecule has 1 aromatic heterocycles. The molecule has 0 radical (unpaired) electrons. The van der Waals surface area contributed by atoms with E-state index in [-0.39, 0.29) is 23.9 Å². The molecule has 0 unspecified atom stereocenters. The number of hydrogen-bond donors (Lipinski definition) is 1. The number of hydrogen-bond acceptors (Lipinski definition) is 5. The van der Waals surface area contributed by atoms with Crippen LogP contribution in [0.15, 0.2) is 35.7 Å². The van der Waals surface area contributed by atoms with Crippen molar-refractivity contribution < 1.29 is 9.59 Å². The van der Waals surface area contributed by atoms with E-state index in [1.165, 1.54) is 0 Å². The maximum absolute atomic E-state index is 12.6. The van der Waals surface area contributed by atoms with E-state index in [0.29, 0.717) is 26.1 Å². The summed E-state index contributed by atoms with van der Waals surface area (Å²) in [4.78, 5) is 33.8. The van der Waals surface area contributed by atoms with Gasteiger partial charge in [-0.2, -0.15) is 0 Å². The Kier molecular flexibility index (Phi) is 5.22. The molecule has 1 aromatic carbocycles. The number of amides is 2. The van der Waals surface area contributed by atoms with E-state index in [4.69, 9.17) is 4.98 Å². The largest absolute Gasteiger partial charge is 0.342 e. The van der Waals surface area contributed by atoms with Crippen molar-refractivity contribution in [1.29, 1.82) is 0 Å². The molecule has 0 aliphatic carbocycles. The van der Waals surface area contributed by atoms with Gasteiger partial charge in [0.15, 0.2) is 0 Å². The lowest BCUT2D eigenvalue weighted by atomic mass is 10.0. The second-order valence-corrected chi connectivity index (χ2v) is 8.07. The topological polar surface area (TPSA) is 65.5 Å². The first-order chi connectivity index (χ1) is 13.2. The molecule has 7 heteroatoms. The third kappa shape index (κ3) is 3.75. The van der Waals surface area contributed by atoms with E-state index in [0.717, 1.165) is 29.2 Å². The number of nitrogens with zero attached hydrogens (tertiary/aromatic N) is 3. The molecule has 2 aliphatic rings. The van der Waals surface area contributed by atoms with Gasteiger partial charge in [0.25, 0.3) is 0 Å². The maximum Gasteiger partial charge on any atom is 0.245 e. The fourth-order valence-electron chi connectivity index (χ4n) is 3.80. The zero-order valence-electron chi connectivity index (χ0n) is 15.4. The van der Waals surface area contributed by atoms with E-state index < -0.39 is 0 Å². The molecule has 2 aromatic rings. The highest BCUT2D eigenvalue weighted by Gasteiger charge is 2.42. The predicted octanol–water partition coefficient (Wildman–Crippen LogP) is 2.12. The van der Waals surface area contributed by atoms with Crippen LogP contribution in [0.25, 0.3) is 11.3 Å². The maximum atomic E-state index is 12.6. The minimum absolute atomic E-state index is 0.0261. The highest BCUT2D eigenvalue weighted by atomic mass is 32.1. The Morgan fingerprint density at radius 3 is 2.81 bits per heavy atom. The average molecular weight is 385 g/mol. The minimum atomic E-state index is -0.382. The number of carbonyl (C=O) groups excluding carboxylic acids is 2. The molecule has 6 nitrogen and oxygen atoms in total. The Hall–Kier alpha value is -2.25. The Morgan fingerprint density at radius 1 is 1.22 bits per heavy atom. The van der Waals surface area contributed by atoms with Gasteiger partial charge in [-0.05, 0) is 6.42 Å². The van der Waals surface area contributed by atoms with E-state index in [9.17, 15) is 9.59 Å². The lowest BCUT2D eigenvalue weighted by Crippen LogP contribution is -2.69. The molecule has 2 fully saturated rings. The monoisotopic (exact) mass is 384 g/mol. The van der Waals surface area contributed by atoms with E-state index in [2.05, 4.69) is 27.7 Å². The first-order valence-corrected chi connectivity index (χ1v) is 10.4. The van der Waals surface area contributed by atoms with Crippen LogP contribution in [0.2, 0.25) is 0 Å². The van der Waals surface area contributed by atoms with Crippen molar-refractivity contribution in [3.63, 3.8) is 0 Å². The van der Waals surface area contributed by atoms with Crippen molar-refractivity contribution >= 4 is 23.2 Å². The number of piperazine rings is 2. The molecule has 2 amide bonds. The normalized spacial score (nSPS) is 23.2. The van der Waals surface area contributed by atoms with Crippen molar-refractivity contribution in [2.45, 2.75) is 38.4 Å². The standard InChI is InChI=1S/C20H24N4O2S/c1-2-6-15-20(26)24-10-9-23(11-17(24)19(25)22-15)12-18-21-16(13-27-18)14-7-4-3-5-8-14/h3-5,7-8,13,15,17H,2,6,9-12H2,1H3,(H,22,25)/t15-,17+/m0/s1. The van der Waals surface area contributed by atoms with Gasteiger partial charge in [-0.1, -0.05) is 43.7 Å². The van der Waals surface area contributed by atoms with Gasteiger partial charge in [0.2, 0.25) is 11.8 Å². The second kappa shape index (κ2) is 7.78. The summed E-state index contributed by atoms with van der Waals surface area (Å²) in [5.74, 6) is 0.0450. The van der Waals surface area contributed by atoms with E-state index >= 15 is 0 Å². The number of thiazole rings is 1. The first kappa shape index (κ1) is 18.1. The summed E-state index contributed by atoms with van der Waals surface area (Å²) in [6, 6.07) is 9.41. The zero-order chi connectivity index (χ0) is 18.8. The van der Waals surface area contributed by atoms with Gasteiger partial charge >= 0.3 is 0 Å². The summed E-state index contributed by atoms with van der Waals surface area (Å²) < 4.78 is 0. The second-order valence-electron chi connectivity index (χ2n) is 7.12. The number of nitrogens with one attached hydrogen (secondary N) is 1. The van der Waals surface area contributed by atoms with Crippen molar-refractivity contribution in [3.05, 3.63) is 40.7 Å². The zero-order valence-corrected chi connectivity index (χ0v) is 16.2. The van der Waals surface area contributed by atoms with Crippen molar-refractivity contribution in [2.24, 2.45) is 0 Å². The smallest absolute Gasteiger partial charge is 0.245 e. The fourth-order valence-corrected chi connectivity index (χ4v) is 4.65. The van der Waals surface area contributed by atoms with Crippen LogP contribution < -0.4 is 5.32 Å². The highest BCUT2D eigenvalue weighted by Crippen LogP contribution is 2.24. The summed E-state index contributed by atoms with van der Waals surface area (Å²) in [5, 5.41) is 6.02. The lowest BCUT2D eigenvalue weighted by molar-refractivity contribution is -0.153. The molecular weight excluding hydrogens is 360 g/mol.